The normalized spacial score (nSPS) is 10.4. The molecule has 0 aliphatic carbocycles. The summed E-state index contributed by atoms with van der Waals surface area (Å²) in [6, 6.07) is 1.73. The fraction of sp³-hybridized carbons (Fsp3) is 0.500. The summed E-state index contributed by atoms with van der Waals surface area (Å²) in [4.78, 5) is 10.8. The Hall–Kier alpha value is -0.960. The van der Waals surface area contributed by atoms with Crippen LogP contribution in [0, 0.1) is 0 Å². The summed E-state index contributed by atoms with van der Waals surface area (Å²) in [5.41, 5.74) is 0.745. The van der Waals surface area contributed by atoms with Crippen LogP contribution in [0.25, 0.3) is 0 Å². The molecule has 1 aromatic rings. The highest BCUT2D eigenvalue weighted by Crippen LogP contribution is 2.19. The molecule has 0 atom stereocenters. The fourth-order valence-corrected chi connectivity index (χ4v) is 1.42. The summed E-state index contributed by atoms with van der Waals surface area (Å²) < 4.78 is 5.09. The average Bonchev–Trinajstić information content (AvgIpc) is 2.58. The first-order chi connectivity index (χ1) is 6.69. The lowest BCUT2D eigenvalue weighted by Gasteiger charge is -1.95. The molecule has 0 bridgehead atoms. The highest BCUT2D eigenvalue weighted by Gasteiger charge is 2.16. The first kappa shape index (κ1) is 11.1. The van der Waals surface area contributed by atoms with Crippen LogP contribution in [0.5, 0.6) is 0 Å². The van der Waals surface area contributed by atoms with Crippen molar-refractivity contribution in [2.75, 3.05) is 0 Å². The van der Waals surface area contributed by atoms with E-state index in [-0.39, 0.29) is 11.6 Å². The molecular formula is C10H13ClO3. The molecule has 1 heterocycles. The van der Waals surface area contributed by atoms with Crippen molar-refractivity contribution in [1.82, 2.24) is 0 Å². The van der Waals surface area contributed by atoms with Crippen LogP contribution >= 0.6 is 11.6 Å². The van der Waals surface area contributed by atoms with E-state index in [1.165, 1.54) is 0 Å². The molecule has 1 aromatic heterocycles. The van der Waals surface area contributed by atoms with E-state index in [0.29, 0.717) is 5.76 Å². The lowest BCUT2D eigenvalue weighted by molar-refractivity contribution is 0.0659. The maximum Gasteiger partial charge on any atom is 0.372 e. The first-order valence-electron chi connectivity index (χ1n) is 4.59. The Morgan fingerprint density at radius 1 is 1.64 bits per heavy atom. The molecule has 3 nitrogen and oxygen atoms in total. The number of carbonyl (C=O) groups is 1. The van der Waals surface area contributed by atoms with Gasteiger partial charge in [0, 0.05) is 5.56 Å². The number of hydrogen-bond donors (Lipinski definition) is 1. The van der Waals surface area contributed by atoms with Gasteiger partial charge in [0.1, 0.15) is 5.76 Å². The molecule has 0 spiro atoms. The summed E-state index contributed by atoms with van der Waals surface area (Å²) in [6.07, 6.45) is 2.72. The molecule has 0 aliphatic heterocycles. The number of halogens is 1. The van der Waals surface area contributed by atoms with Crippen LogP contribution in [0.2, 0.25) is 0 Å². The van der Waals surface area contributed by atoms with Gasteiger partial charge in [0.2, 0.25) is 5.76 Å². The maximum atomic E-state index is 10.8. The second-order valence-corrected chi connectivity index (χ2v) is 3.38. The van der Waals surface area contributed by atoms with Crippen LogP contribution in [0.15, 0.2) is 10.5 Å². The minimum Gasteiger partial charge on any atom is -0.475 e. The highest BCUT2D eigenvalue weighted by molar-refractivity contribution is 6.16. The van der Waals surface area contributed by atoms with Crippen molar-refractivity contribution in [2.45, 2.75) is 32.1 Å². The number of carboxylic acids is 1. The van der Waals surface area contributed by atoms with Crippen LogP contribution in [-0.4, -0.2) is 11.1 Å². The number of aryl methyl sites for hydroxylation is 1. The van der Waals surface area contributed by atoms with E-state index < -0.39 is 5.97 Å². The lowest BCUT2D eigenvalue weighted by atomic mass is 10.1. The van der Waals surface area contributed by atoms with Crippen LogP contribution in [0.3, 0.4) is 0 Å². The van der Waals surface area contributed by atoms with Crippen molar-refractivity contribution >= 4 is 17.6 Å². The third-order valence-electron chi connectivity index (χ3n) is 1.99. The van der Waals surface area contributed by atoms with Crippen molar-refractivity contribution in [2.24, 2.45) is 0 Å². The Balaban J connectivity index is 2.88. The number of alkyl halides is 1. The van der Waals surface area contributed by atoms with E-state index in [1.807, 2.05) is 0 Å². The first-order valence-corrected chi connectivity index (χ1v) is 5.13. The van der Waals surface area contributed by atoms with Gasteiger partial charge in [-0.05, 0) is 18.9 Å². The topological polar surface area (TPSA) is 50.4 Å². The molecule has 0 aromatic carbocycles. The summed E-state index contributed by atoms with van der Waals surface area (Å²) in [6.45, 7) is 2.06. The van der Waals surface area contributed by atoms with Gasteiger partial charge in [0.25, 0.3) is 0 Å². The summed E-state index contributed by atoms with van der Waals surface area (Å²) in [7, 11) is 0. The van der Waals surface area contributed by atoms with Gasteiger partial charge in [0.15, 0.2) is 0 Å². The SMILES string of the molecule is CCCCc1cc(CCl)oc1C(=O)O. The molecule has 0 amide bonds. The van der Waals surface area contributed by atoms with E-state index in [9.17, 15) is 4.79 Å². The monoisotopic (exact) mass is 216 g/mol. The van der Waals surface area contributed by atoms with Crippen LogP contribution < -0.4 is 0 Å². The number of unbranched alkanes of at least 4 members (excludes halogenated alkanes) is 1. The molecule has 0 unspecified atom stereocenters. The second kappa shape index (κ2) is 5.05. The van der Waals surface area contributed by atoms with Crippen LogP contribution in [0.4, 0.5) is 0 Å². The molecule has 1 N–H and O–H groups in total. The maximum absolute atomic E-state index is 10.8. The second-order valence-electron chi connectivity index (χ2n) is 3.11. The molecule has 78 valence electrons. The van der Waals surface area contributed by atoms with Gasteiger partial charge in [-0.3, -0.25) is 0 Å². The number of furan rings is 1. The molecule has 0 aliphatic rings. The zero-order valence-electron chi connectivity index (χ0n) is 8.05. The molecule has 1 rings (SSSR count). The third kappa shape index (κ3) is 2.51. The van der Waals surface area contributed by atoms with Gasteiger partial charge in [-0.25, -0.2) is 4.79 Å². The highest BCUT2D eigenvalue weighted by atomic mass is 35.5. The molecule has 0 fully saturated rings. The predicted molar refractivity (Wildman–Crippen MR) is 53.8 cm³/mol. The quantitative estimate of drug-likeness (QED) is 0.770. The van der Waals surface area contributed by atoms with Crippen LogP contribution in [-0.2, 0) is 12.3 Å². The van der Waals surface area contributed by atoms with Gasteiger partial charge in [-0.1, -0.05) is 13.3 Å². The minimum atomic E-state index is -1.02. The number of hydrogen-bond acceptors (Lipinski definition) is 2. The predicted octanol–water partition coefficient (Wildman–Crippen LogP) is 3.06. The Labute approximate surface area is 87.7 Å². The zero-order valence-corrected chi connectivity index (χ0v) is 8.80. The Morgan fingerprint density at radius 3 is 2.86 bits per heavy atom. The molecule has 14 heavy (non-hydrogen) atoms. The Bertz CT molecular complexity index is 317. The van der Waals surface area contributed by atoms with Crippen molar-refractivity contribution in [3.8, 4) is 0 Å². The molecular weight excluding hydrogens is 204 g/mol. The van der Waals surface area contributed by atoms with Gasteiger partial charge in [0.05, 0.1) is 5.88 Å². The Kier molecular flexibility index (Phi) is 4.01. The standard InChI is InChI=1S/C10H13ClO3/c1-2-3-4-7-5-8(6-11)14-9(7)10(12)13/h5H,2-4,6H2,1H3,(H,12,13). The van der Waals surface area contributed by atoms with Gasteiger partial charge >= 0.3 is 5.97 Å². The average molecular weight is 217 g/mol. The van der Waals surface area contributed by atoms with Crippen molar-refractivity contribution < 1.29 is 14.3 Å². The van der Waals surface area contributed by atoms with E-state index in [2.05, 4.69) is 6.92 Å². The summed E-state index contributed by atoms with van der Waals surface area (Å²) in [5.74, 6) is -0.247. The van der Waals surface area contributed by atoms with E-state index in [1.54, 1.807) is 6.07 Å². The largest absolute Gasteiger partial charge is 0.475 e. The van der Waals surface area contributed by atoms with Crippen LogP contribution in [0.1, 0.15) is 41.6 Å². The van der Waals surface area contributed by atoms with Crippen molar-refractivity contribution in [3.63, 3.8) is 0 Å². The zero-order chi connectivity index (χ0) is 10.6. The van der Waals surface area contributed by atoms with Crippen molar-refractivity contribution in [3.05, 3.63) is 23.2 Å². The third-order valence-corrected chi connectivity index (χ3v) is 2.25. The van der Waals surface area contributed by atoms with E-state index in [4.69, 9.17) is 21.1 Å². The molecule has 0 saturated heterocycles. The molecule has 0 radical (unpaired) electrons. The van der Waals surface area contributed by atoms with Gasteiger partial charge in [-0.15, -0.1) is 11.6 Å². The number of aromatic carboxylic acids is 1. The number of rotatable bonds is 5. The number of carboxylic acid groups (broad SMARTS) is 1. The van der Waals surface area contributed by atoms with Gasteiger partial charge in [-0.2, -0.15) is 0 Å². The lowest BCUT2D eigenvalue weighted by Crippen LogP contribution is -1.98. The summed E-state index contributed by atoms with van der Waals surface area (Å²) in [5, 5.41) is 8.84. The smallest absolute Gasteiger partial charge is 0.372 e. The molecule has 4 heteroatoms. The van der Waals surface area contributed by atoms with Gasteiger partial charge < -0.3 is 9.52 Å². The summed E-state index contributed by atoms with van der Waals surface area (Å²) >= 11 is 5.56. The Morgan fingerprint density at radius 2 is 2.36 bits per heavy atom. The van der Waals surface area contributed by atoms with E-state index >= 15 is 0 Å². The molecule has 0 saturated carbocycles. The fourth-order valence-electron chi connectivity index (χ4n) is 1.29. The minimum absolute atomic E-state index is 0.0362. The van der Waals surface area contributed by atoms with E-state index in [0.717, 1.165) is 24.8 Å². The van der Waals surface area contributed by atoms with Crippen molar-refractivity contribution in [1.29, 1.82) is 0 Å².